The summed E-state index contributed by atoms with van der Waals surface area (Å²) < 4.78 is 5.79. The summed E-state index contributed by atoms with van der Waals surface area (Å²) in [5.41, 5.74) is 5.72. The van der Waals surface area contributed by atoms with Crippen LogP contribution in [-0.2, 0) is 23.1 Å². The molecule has 1 heterocycles. The fraction of sp³-hybridized carbons (Fsp3) is 0.536. The van der Waals surface area contributed by atoms with Crippen LogP contribution in [0.15, 0.2) is 42.5 Å². The Morgan fingerprint density at radius 3 is 2.74 bits per heavy atom. The Bertz CT molecular complexity index is 996. The minimum atomic E-state index is 0.0214. The molecule has 2 aromatic rings. The van der Waals surface area contributed by atoms with Crippen molar-refractivity contribution in [1.82, 2.24) is 4.90 Å². The Balaban J connectivity index is 1.47. The van der Waals surface area contributed by atoms with E-state index in [-0.39, 0.29) is 5.41 Å². The maximum atomic E-state index is 12.8. The Labute approximate surface area is 185 Å². The molecule has 31 heavy (non-hydrogen) atoms. The first-order chi connectivity index (χ1) is 15.2. The number of rotatable bonds is 5. The predicted molar refractivity (Wildman–Crippen MR) is 123 cm³/mol. The van der Waals surface area contributed by atoms with Crippen molar-refractivity contribution in [2.75, 3.05) is 20.2 Å². The van der Waals surface area contributed by atoms with Gasteiger partial charge in [-0.05, 0) is 91.3 Å². The molecule has 2 saturated carbocycles. The second-order valence-corrected chi connectivity index (χ2v) is 10.5. The Morgan fingerprint density at radius 1 is 1.13 bits per heavy atom. The quantitative estimate of drug-likeness (QED) is 0.693. The summed E-state index contributed by atoms with van der Waals surface area (Å²) >= 11 is 0. The standard InChI is InChI=1S/C28H33NO2/c1-31-23-14-21(13-19-5-3-2-4-6-19)24-16-27-25-10-9-22(30)17-28(25,26(24)15-23)11-12-29(27)18-20-7-8-20/h2-6,14-15,20,25,27H,7-13,16-18H2,1H3/t25-,27+,28-/m0/s1. The zero-order valence-corrected chi connectivity index (χ0v) is 18.6. The molecule has 3 heteroatoms. The third kappa shape index (κ3) is 3.33. The van der Waals surface area contributed by atoms with Crippen LogP contribution in [0.5, 0.6) is 5.75 Å². The van der Waals surface area contributed by atoms with Gasteiger partial charge in [0.2, 0.25) is 0 Å². The van der Waals surface area contributed by atoms with E-state index in [0.717, 1.165) is 56.7 Å². The lowest BCUT2D eigenvalue weighted by Gasteiger charge is -2.59. The highest BCUT2D eigenvalue weighted by Gasteiger charge is 2.56. The summed E-state index contributed by atoms with van der Waals surface area (Å²) in [5, 5.41) is 0. The van der Waals surface area contributed by atoms with E-state index in [1.165, 1.54) is 41.6 Å². The molecule has 0 amide bonds. The van der Waals surface area contributed by atoms with Crippen molar-refractivity contribution in [3.05, 3.63) is 64.7 Å². The van der Waals surface area contributed by atoms with Crippen molar-refractivity contribution >= 4 is 5.78 Å². The number of piperidine rings is 1. The number of Topliss-reactive ketones (excluding diaryl/α,β-unsaturated/α-hetero) is 1. The number of likely N-dealkylation sites (tertiary alicyclic amines) is 1. The molecular formula is C28H33NO2. The minimum absolute atomic E-state index is 0.0214. The number of carbonyl (C=O) groups excluding carboxylic acids is 1. The van der Waals surface area contributed by atoms with Crippen LogP contribution in [0.3, 0.4) is 0 Å². The van der Waals surface area contributed by atoms with Crippen LogP contribution in [-0.4, -0.2) is 36.9 Å². The number of fused-ring (bicyclic) bond motifs is 1. The predicted octanol–water partition coefficient (Wildman–Crippen LogP) is 4.93. The average molecular weight is 416 g/mol. The molecule has 2 aromatic carbocycles. The van der Waals surface area contributed by atoms with E-state index in [0.29, 0.717) is 17.7 Å². The lowest BCUT2D eigenvalue weighted by Crippen LogP contribution is -2.62. The van der Waals surface area contributed by atoms with Crippen molar-refractivity contribution in [3.63, 3.8) is 0 Å². The molecule has 3 atom stereocenters. The molecule has 6 rings (SSSR count). The molecule has 0 spiro atoms. The van der Waals surface area contributed by atoms with E-state index in [4.69, 9.17) is 4.74 Å². The van der Waals surface area contributed by atoms with Gasteiger partial charge in [-0.1, -0.05) is 30.3 Å². The van der Waals surface area contributed by atoms with Gasteiger partial charge in [0.15, 0.2) is 0 Å². The van der Waals surface area contributed by atoms with E-state index >= 15 is 0 Å². The largest absolute Gasteiger partial charge is 0.497 e. The zero-order valence-electron chi connectivity index (χ0n) is 18.6. The monoisotopic (exact) mass is 415 g/mol. The lowest BCUT2D eigenvalue weighted by molar-refractivity contribution is -0.127. The summed E-state index contributed by atoms with van der Waals surface area (Å²) in [6.07, 6.45) is 8.58. The zero-order chi connectivity index (χ0) is 21.0. The van der Waals surface area contributed by atoms with E-state index in [9.17, 15) is 4.79 Å². The second kappa shape index (κ2) is 7.48. The van der Waals surface area contributed by atoms with Gasteiger partial charge in [-0.15, -0.1) is 0 Å². The molecule has 162 valence electrons. The van der Waals surface area contributed by atoms with Crippen LogP contribution in [0.1, 0.15) is 60.8 Å². The minimum Gasteiger partial charge on any atom is -0.497 e. The van der Waals surface area contributed by atoms with Crippen LogP contribution in [0.2, 0.25) is 0 Å². The smallest absolute Gasteiger partial charge is 0.133 e. The van der Waals surface area contributed by atoms with Gasteiger partial charge in [-0.3, -0.25) is 9.69 Å². The normalized spacial score (nSPS) is 29.9. The van der Waals surface area contributed by atoms with Crippen molar-refractivity contribution in [2.24, 2.45) is 11.8 Å². The van der Waals surface area contributed by atoms with E-state index in [2.05, 4.69) is 47.4 Å². The molecule has 0 aromatic heterocycles. The van der Waals surface area contributed by atoms with E-state index in [1.807, 2.05) is 0 Å². The molecule has 1 saturated heterocycles. The van der Waals surface area contributed by atoms with Crippen LogP contribution < -0.4 is 4.74 Å². The number of benzene rings is 2. The SMILES string of the molecule is COc1cc(Cc2ccccc2)c2c(c1)[C@]13CCN(CC4CC4)[C@H](C2)[C@@H]1CCC(=O)C3. The Kier molecular flexibility index (Phi) is 4.72. The Morgan fingerprint density at radius 2 is 1.97 bits per heavy atom. The van der Waals surface area contributed by atoms with Gasteiger partial charge in [-0.2, -0.15) is 0 Å². The van der Waals surface area contributed by atoms with Crippen LogP contribution in [0, 0.1) is 11.8 Å². The first kappa shape index (κ1) is 19.5. The second-order valence-electron chi connectivity index (χ2n) is 10.5. The van der Waals surface area contributed by atoms with Gasteiger partial charge in [0.25, 0.3) is 0 Å². The van der Waals surface area contributed by atoms with Crippen molar-refractivity contribution in [1.29, 1.82) is 0 Å². The van der Waals surface area contributed by atoms with Gasteiger partial charge in [-0.25, -0.2) is 0 Å². The van der Waals surface area contributed by atoms with Crippen LogP contribution in [0.4, 0.5) is 0 Å². The third-order valence-electron chi connectivity index (χ3n) is 8.66. The molecular weight excluding hydrogens is 382 g/mol. The van der Waals surface area contributed by atoms with E-state index in [1.54, 1.807) is 7.11 Å². The van der Waals surface area contributed by atoms with Gasteiger partial charge >= 0.3 is 0 Å². The molecule has 0 radical (unpaired) electrons. The maximum absolute atomic E-state index is 12.8. The maximum Gasteiger partial charge on any atom is 0.133 e. The summed E-state index contributed by atoms with van der Waals surface area (Å²) in [6, 6.07) is 15.9. The average Bonchev–Trinajstić information content (AvgIpc) is 3.60. The molecule has 2 bridgehead atoms. The number of methoxy groups -OCH3 is 1. The number of ether oxygens (including phenoxy) is 1. The van der Waals surface area contributed by atoms with Gasteiger partial charge in [0.05, 0.1) is 7.11 Å². The summed E-state index contributed by atoms with van der Waals surface area (Å²) in [6.45, 7) is 2.42. The number of hydrogen-bond acceptors (Lipinski definition) is 3. The molecule has 0 N–H and O–H groups in total. The van der Waals surface area contributed by atoms with Crippen molar-refractivity contribution < 1.29 is 9.53 Å². The highest BCUT2D eigenvalue weighted by atomic mass is 16.5. The van der Waals surface area contributed by atoms with Gasteiger partial charge < -0.3 is 4.74 Å². The summed E-state index contributed by atoms with van der Waals surface area (Å²) in [4.78, 5) is 15.6. The number of carbonyl (C=O) groups is 1. The first-order valence-electron chi connectivity index (χ1n) is 12.2. The lowest BCUT2D eigenvalue weighted by atomic mass is 9.51. The third-order valence-corrected chi connectivity index (χ3v) is 8.66. The van der Waals surface area contributed by atoms with Crippen LogP contribution >= 0.6 is 0 Å². The van der Waals surface area contributed by atoms with Gasteiger partial charge in [0.1, 0.15) is 11.5 Å². The van der Waals surface area contributed by atoms with Crippen molar-refractivity contribution in [2.45, 2.75) is 62.8 Å². The molecule has 4 aliphatic rings. The number of hydrogen-bond donors (Lipinski definition) is 0. The summed E-state index contributed by atoms with van der Waals surface area (Å²) in [5.74, 6) is 2.95. The fourth-order valence-corrected chi connectivity index (χ4v) is 7.01. The Hall–Kier alpha value is -2.13. The van der Waals surface area contributed by atoms with E-state index < -0.39 is 0 Å². The highest BCUT2D eigenvalue weighted by Crippen LogP contribution is 2.56. The topological polar surface area (TPSA) is 29.5 Å². The molecule has 3 fully saturated rings. The highest BCUT2D eigenvalue weighted by molar-refractivity contribution is 5.82. The number of ketones is 1. The number of nitrogens with zero attached hydrogens (tertiary/aromatic N) is 1. The first-order valence-corrected chi connectivity index (χ1v) is 12.2. The van der Waals surface area contributed by atoms with Crippen molar-refractivity contribution in [3.8, 4) is 5.75 Å². The molecule has 1 aliphatic heterocycles. The molecule has 0 unspecified atom stereocenters. The summed E-state index contributed by atoms with van der Waals surface area (Å²) in [7, 11) is 1.78. The molecule has 3 aliphatic carbocycles. The van der Waals surface area contributed by atoms with Crippen LogP contribution in [0.25, 0.3) is 0 Å². The molecule has 3 nitrogen and oxygen atoms in total. The van der Waals surface area contributed by atoms with Gasteiger partial charge in [0, 0.05) is 30.8 Å². The fourth-order valence-electron chi connectivity index (χ4n) is 7.01.